The van der Waals surface area contributed by atoms with Gasteiger partial charge in [-0.25, -0.2) is 14.4 Å². The number of aliphatic hydroxyl groups excluding tert-OH is 2. The van der Waals surface area contributed by atoms with Crippen molar-refractivity contribution in [2.75, 3.05) is 41.3 Å². The first kappa shape index (κ1) is 23.7. The summed E-state index contributed by atoms with van der Waals surface area (Å²) in [7, 11) is 0. The van der Waals surface area contributed by atoms with Crippen molar-refractivity contribution in [2.45, 2.75) is 58.5 Å². The van der Waals surface area contributed by atoms with Gasteiger partial charge in [-0.3, -0.25) is 4.68 Å². The van der Waals surface area contributed by atoms with E-state index < -0.39 is 17.7 Å². The van der Waals surface area contributed by atoms with Gasteiger partial charge in [-0.1, -0.05) is 13.8 Å². The van der Waals surface area contributed by atoms with Crippen LogP contribution in [0.1, 0.15) is 40.2 Å². The number of fused-ring (bicyclic) bond motifs is 1. The van der Waals surface area contributed by atoms with Gasteiger partial charge < -0.3 is 25.3 Å². The Balaban J connectivity index is 1.42. The molecular formula is C24H33FN8O2. The molecule has 3 aromatic rings. The number of hydrogen-bond donors (Lipinski definition) is 3. The number of hydrogen-bond acceptors (Lipinski definition) is 9. The van der Waals surface area contributed by atoms with Crippen molar-refractivity contribution in [3.05, 3.63) is 24.5 Å². The van der Waals surface area contributed by atoms with Gasteiger partial charge >= 0.3 is 0 Å². The van der Waals surface area contributed by atoms with Crippen LogP contribution in [0.25, 0.3) is 10.9 Å². The lowest BCUT2D eigenvalue weighted by Gasteiger charge is -2.43. The van der Waals surface area contributed by atoms with Gasteiger partial charge in [-0.15, -0.1) is 0 Å². The number of nitrogens with one attached hydrogen (secondary N) is 1. The third-order valence-corrected chi connectivity index (χ3v) is 6.84. The van der Waals surface area contributed by atoms with Gasteiger partial charge in [0.2, 0.25) is 5.95 Å². The quantitative estimate of drug-likeness (QED) is 0.503. The Morgan fingerprint density at radius 1 is 1.14 bits per heavy atom. The van der Waals surface area contributed by atoms with Crippen molar-refractivity contribution in [1.29, 1.82) is 0 Å². The Bertz CT molecular complexity index is 1220. The summed E-state index contributed by atoms with van der Waals surface area (Å²) in [5, 5.41) is 29.2. The number of rotatable bonds is 5. The van der Waals surface area contributed by atoms with E-state index in [0.717, 1.165) is 29.7 Å². The maximum atomic E-state index is 14.4. The smallest absolute Gasteiger partial charge is 0.227 e. The molecule has 3 unspecified atom stereocenters. The van der Waals surface area contributed by atoms with E-state index in [-0.39, 0.29) is 18.7 Å². The van der Waals surface area contributed by atoms with Gasteiger partial charge in [-0.05, 0) is 26.3 Å². The van der Waals surface area contributed by atoms with Crippen molar-refractivity contribution in [2.24, 2.45) is 5.41 Å². The lowest BCUT2D eigenvalue weighted by Crippen LogP contribution is -2.55. The van der Waals surface area contributed by atoms with Crippen LogP contribution < -0.4 is 15.1 Å². The minimum atomic E-state index is -1.37. The standard InChI is InChI=1S/C24H33FN8O2/c1-14(2)33-18-9-20(27-10-16(18)22(30-33)31-8-6-15(34)11-31)28-19-5-7-26-23(29-19)32-12-17(25)21(35)24(3,4)13-32/h5,7,9-10,14-15,17,21,34-35H,6,8,11-13H2,1-4H3,(H,26,27,28,29). The molecule has 2 fully saturated rings. The fourth-order valence-electron chi connectivity index (χ4n) is 4.95. The maximum Gasteiger partial charge on any atom is 0.227 e. The molecule has 2 saturated heterocycles. The summed E-state index contributed by atoms with van der Waals surface area (Å²) in [6.07, 6.45) is 1.44. The number of alkyl halides is 1. The number of anilines is 4. The highest BCUT2D eigenvalue weighted by molar-refractivity contribution is 5.92. The number of pyridine rings is 1. The maximum absolute atomic E-state index is 14.4. The first-order valence-electron chi connectivity index (χ1n) is 12.1. The van der Waals surface area contributed by atoms with Gasteiger partial charge in [0, 0.05) is 49.6 Å². The highest BCUT2D eigenvalue weighted by atomic mass is 19.1. The van der Waals surface area contributed by atoms with Crippen LogP contribution in [0.4, 0.5) is 27.8 Å². The predicted molar refractivity (Wildman–Crippen MR) is 133 cm³/mol. The largest absolute Gasteiger partial charge is 0.391 e. The molecule has 0 bridgehead atoms. The second-order valence-corrected chi connectivity index (χ2v) is 10.5. The minimum absolute atomic E-state index is 0.0415. The van der Waals surface area contributed by atoms with Gasteiger partial charge in [0.15, 0.2) is 5.82 Å². The highest BCUT2D eigenvalue weighted by Crippen LogP contribution is 2.34. The van der Waals surface area contributed by atoms with Crippen LogP contribution in [0.5, 0.6) is 0 Å². The van der Waals surface area contributed by atoms with E-state index in [9.17, 15) is 14.6 Å². The summed E-state index contributed by atoms with van der Waals surface area (Å²) in [5.74, 6) is 2.39. The fraction of sp³-hybridized carbons (Fsp3) is 0.583. The summed E-state index contributed by atoms with van der Waals surface area (Å²) in [4.78, 5) is 17.4. The molecule has 3 N–H and O–H groups in total. The number of nitrogens with zero attached hydrogens (tertiary/aromatic N) is 7. The van der Waals surface area contributed by atoms with Gasteiger partial charge in [0.05, 0.1) is 29.7 Å². The van der Waals surface area contributed by atoms with Crippen LogP contribution in [-0.4, -0.2) is 79.5 Å². The number of aromatic nitrogens is 5. The summed E-state index contributed by atoms with van der Waals surface area (Å²) >= 11 is 0. The van der Waals surface area contributed by atoms with Crippen molar-refractivity contribution in [3.63, 3.8) is 0 Å². The van der Waals surface area contributed by atoms with E-state index in [2.05, 4.69) is 39.0 Å². The van der Waals surface area contributed by atoms with Crippen LogP contribution in [0.2, 0.25) is 0 Å². The molecule has 188 valence electrons. The third-order valence-electron chi connectivity index (χ3n) is 6.84. The lowest BCUT2D eigenvalue weighted by molar-refractivity contribution is -0.0257. The van der Waals surface area contributed by atoms with Gasteiger partial charge in [0.25, 0.3) is 0 Å². The fourth-order valence-corrected chi connectivity index (χ4v) is 4.95. The lowest BCUT2D eigenvalue weighted by atomic mass is 9.80. The zero-order valence-electron chi connectivity index (χ0n) is 20.6. The summed E-state index contributed by atoms with van der Waals surface area (Å²) in [5.41, 5.74) is 0.324. The summed E-state index contributed by atoms with van der Waals surface area (Å²) in [6, 6.07) is 3.83. The van der Waals surface area contributed by atoms with Crippen LogP contribution >= 0.6 is 0 Å². The average molecular weight is 485 g/mol. The zero-order valence-corrected chi connectivity index (χ0v) is 20.6. The molecule has 0 aliphatic carbocycles. The van der Waals surface area contributed by atoms with Crippen LogP contribution in [0.15, 0.2) is 24.5 Å². The molecule has 2 aliphatic heterocycles. The molecule has 10 nitrogen and oxygen atoms in total. The first-order valence-corrected chi connectivity index (χ1v) is 12.1. The molecule has 0 amide bonds. The van der Waals surface area contributed by atoms with E-state index in [1.807, 2.05) is 24.6 Å². The molecule has 5 rings (SSSR count). The number of piperidine rings is 1. The van der Waals surface area contributed by atoms with E-state index in [0.29, 0.717) is 30.7 Å². The number of aliphatic hydroxyl groups is 2. The first-order chi connectivity index (χ1) is 16.6. The molecule has 0 aromatic carbocycles. The van der Waals surface area contributed by atoms with Crippen molar-refractivity contribution >= 4 is 34.3 Å². The molecule has 0 saturated carbocycles. The highest BCUT2D eigenvalue weighted by Gasteiger charge is 2.42. The summed E-state index contributed by atoms with van der Waals surface area (Å²) < 4.78 is 16.4. The van der Waals surface area contributed by atoms with Crippen LogP contribution in [-0.2, 0) is 0 Å². The zero-order chi connectivity index (χ0) is 24.9. The van der Waals surface area contributed by atoms with Crippen LogP contribution in [0, 0.1) is 5.41 Å². The number of β-amino-alcohol motifs (C(OH)–C–C–N with tert-alkyl or cyclic N) is 1. The Hall–Kier alpha value is -3.05. The van der Waals surface area contributed by atoms with Crippen molar-refractivity contribution in [1.82, 2.24) is 24.7 Å². The summed E-state index contributed by atoms with van der Waals surface area (Å²) in [6.45, 7) is 9.66. The molecule has 0 spiro atoms. The SMILES string of the molecule is CC(C)n1nc(N2CCC(O)C2)c2cnc(Nc3ccnc(N4CC(F)C(O)C(C)(C)C4)n3)cc21. The Labute approximate surface area is 203 Å². The molecular weight excluding hydrogens is 451 g/mol. The Morgan fingerprint density at radius 3 is 2.63 bits per heavy atom. The van der Waals surface area contributed by atoms with E-state index in [1.165, 1.54) is 0 Å². The number of halogens is 1. The molecule has 2 aliphatic rings. The average Bonchev–Trinajstić information content (AvgIpc) is 3.40. The second-order valence-electron chi connectivity index (χ2n) is 10.5. The Kier molecular flexibility index (Phi) is 6.00. The molecule has 35 heavy (non-hydrogen) atoms. The Morgan fingerprint density at radius 2 is 1.94 bits per heavy atom. The normalized spacial score (nSPS) is 24.5. The van der Waals surface area contributed by atoms with Crippen LogP contribution in [0.3, 0.4) is 0 Å². The topological polar surface area (TPSA) is 115 Å². The van der Waals surface area contributed by atoms with E-state index >= 15 is 0 Å². The molecule has 5 heterocycles. The van der Waals surface area contributed by atoms with Crippen molar-refractivity contribution < 1.29 is 14.6 Å². The van der Waals surface area contributed by atoms with E-state index in [4.69, 9.17) is 5.10 Å². The van der Waals surface area contributed by atoms with E-state index in [1.54, 1.807) is 23.4 Å². The van der Waals surface area contributed by atoms with Gasteiger partial charge in [-0.2, -0.15) is 10.1 Å². The monoisotopic (exact) mass is 484 g/mol. The molecule has 3 aromatic heterocycles. The predicted octanol–water partition coefficient (Wildman–Crippen LogP) is 2.66. The molecule has 11 heteroatoms. The molecule has 0 radical (unpaired) electrons. The second kappa shape index (κ2) is 8.87. The minimum Gasteiger partial charge on any atom is -0.391 e. The van der Waals surface area contributed by atoms with Crippen molar-refractivity contribution in [3.8, 4) is 0 Å². The molecule has 3 atom stereocenters. The third kappa shape index (κ3) is 4.50. The van der Waals surface area contributed by atoms with Gasteiger partial charge in [0.1, 0.15) is 17.8 Å².